The van der Waals surface area contributed by atoms with Crippen LogP contribution in [0, 0.1) is 0 Å². The molecule has 6 nitrogen and oxygen atoms in total. The van der Waals surface area contributed by atoms with Crippen LogP contribution in [0.25, 0.3) is 0 Å². The van der Waals surface area contributed by atoms with Crippen LogP contribution in [0.4, 0.5) is 0 Å². The highest BCUT2D eigenvalue weighted by molar-refractivity contribution is 7.89. The van der Waals surface area contributed by atoms with Crippen LogP contribution in [0.5, 0.6) is 5.75 Å². The molecule has 0 radical (unpaired) electrons. The third-order valence-corrected chi connectivity index (χ3v) is 4.35. The molecule has 1 unspecified atom stereocenters. The van der Waals surface area contributed by atoms with Crippen molar-refractivity contribution >= 4 is 10.0 Å². The molecule has 120 valence electrons. The second-order valence-electron chi connectivity index (χ2n) is 4.75. The van der Waals surface area contributed by atoms with E-state index in [1.807, 2.05) is 7.05 Å². The van der Waals surface area contributed by atoms with E-state index in [1.54, 1.807) is 19.1 Å². The smallest absolute Gasteiger partial charge is 0.240 e. The topological polar surface area (TPSA) is 76.7 Å². The van der Waals surface area contributed by atoms with Gasteiger partial charge in [0.15, 0.2) is 0 Å². The van der Waals surface area contributed by atoms with Crippen LogP contribution in [-0.4, -0.2) is 48.4 Å². The van der Waals surface area contributed by atoms with Gasteiger partial charge in [-0.3, -0.25) is 0 Å². The highest BCUT2D eigenvalue weighted by atomic mass is 32.2. The summed E-state index contributed by atoms with van der Waals surface area (Å²) in [5.41, 5.74) is 0. The highest BCUT2D eigenvalue weighted by Crippen LogP contribution is 2.16. The molecule has 7 heteroatoms. The van der Waals surface area contributed by atoms with Gasteiger partial charge in [0, 0.05) is 13.2 Å². The normalized spacial score (nSPS) is 13.1. The summed E-state index contributed by atoms with van der Waals surface area (Å²) in [5, 5.41) is 3.03. The van der Waals surface area contributed by atoms with Gasteiger partial charge < -0.3 is 14.8 Å². The molecule has 2 N–H and O–H groups in total. The fraction of sp³-hybridized carbons (Fsp3) is 0.571. The SMILES string of the molecule is CNCCCOc1ccc(S(=O)(=O)NC(C)COC)cc1. The molecule has 0 aliphatic carbocycles. The summed E-state index contributed by atoms with van der Waals surface area (Å²) in [6.07, 6.45) is 0.895. The first-order valence-corrected chi connectivity index (χ1v) is 8.36. The molecular formula is C14H24N2O4S. The predicted molar refractivity (Wildman–Crippen MR) is 82.1 cm³/mol. The maximum Gasteiger partial charge on any atom is 0.240 e. The molecule has 0 aliphatic rings. The minimum Gasteiger partial charge on any atom is -0.494 e. The van der Waals surface area contributed by atoms with Crippen molar-refractivity contribution in [3.8, 4) is 5.75 Å². The molecule has 1 aromatic rings. The highest BCUT2D eigenvalue weighted by Gasteiger charge is 2.17. The van der Waals surface area contributed by atoms with Gasteiger partial charge in [-0.15, -0.1) is 0 Å². The monoisotopic (exact) mass is 316 g/mol. The predicted octanol–water partition coefficient (Wildman–Crippen LogP) is 0.988. The molecule has 0 spiro atoms. The Morgan fingerprint density at radius 2 is 1.90 bits per heavy atom. The van der Waals surface area contributed by atoms with Gasteiger partial charge in [-0.05, 0) is 51.2 Å². The molecule has 1 atom stereocenters. The van der Waals surface area contributed by atoms with Crippen molar-refractivity contribution in [3.63, 3.8) is 0 Å². The maximum absolute atomic E-state index is 12.1. The zero-order valence-electron chi connectivity index (χ0n) is 12.8. The summed E-state index contributed by atoms with van der Waals surface area (Å²) < 4.78 is 37.2. The summed E-state index contributed by atoms with van der Waals surface area (Å²) in [7, 11) is -0.104. The number of ether oxygens (including phenoxy) is 2. The van der Waals surface area contributed by atoms with Gasteiger partial charge in [0.2, 0.25) is 10.0 Å². The average Bonchev–Trinajstić information content (AvgIpc) is 2.44. The lowest BCUT2D eigenvalue weighted by atomic mass is 10.3. The van der Waals surface area contributed by atoms with Crippen molar-refractivity contribution in [2.24, 2.45) is 0 Å². The van der Waals surface area contributed by atoms with Crippen molar-refractivity contribution in [2.45, 2.75) is 24.3 Å². The first-order valence-electron chi connectivity index (χ1n) is 6.88. The molecule has 0 saturated carbocycles. The Morgan fingerprint density at radius 3 is 2.48 bits per heavy atom. The number of benzene rings is 1. The van der Waals surface area contributed by atoms with Crippen LogP contribution in [0.3, 0.4) is 0 Å². The first-order chi connectivity index (χ1) is 9.99. The van der Waals surface area contributed by atoms with E-state index >= 15 is 0 Å². The lowest BCUT2D eigenvalue weighted by molar-refractivity contribution is 0.180. The van der Waals surface area contributed by atoms with Crippen LogP contribution in [0.2, 0.25) is 0 Å². The molecule has 0 aromatic heterocycles. The Balaban J connectivity index is 2.59. The molecular weight excluding hydrogens is 292 g/mol. The summed E-state index contributed by atoms with van der Waals surface area (Å²) in [4.78, 5) is 0.216. The number of methoxy groups -OCH3 is 1. The van der Waals surface area contributed by atoms with Gasteiger partial charge >= 0.3 is 0 Å². The molecule has 0 saturated heterocycles. The quantitative estimate of drug-likeness (QED) is 0.630. The van der Waals surface area contributed by atoms with Crippen LogP contribution < -0.4 is 14.8 Å². The van der Waals surface area contributed by atoms with E-state index in [-0.39, 0.29) is 10.9 Å². The Kier molecular flexibility index (Phi) is 7.66. The van der Waals surface area contributed by atoms with E-state index in [0.717, 1.165) is 13.0 Å². The minimum absolute atomic E-state index is 0.216. The zero-order chi connectivity index (χ0) is 15.7. The van der Waals surface area contributed by atoms with Crippen molar-refractivity contribution in [2.75, 3.05) is 33.9 Å². The number of hydrogen-bond acceptors (Lipinski definition) is 5. The van der Waals surface area contributed by atoms with E-state index in [2.05, 4.69) is 10.0 Å². The molecule has 0 aliphatic heterocycles. The standard InChI is InChI=1S/C14H24N2O4S/c1-12(11-19-3)16-21(17,18)14-7-5-13(6-8-14)20-10-4-9-15-2/h5-8,12,15-16H,4,9-11H2,1-3H3. The van der Waals surface area contributed by atoms with Crippen LogP contribution >= 0.6 is 0 Å². The lowest BCUT2D eigenvalue weighted by Crippen LogP contribution is -2.35. The third kappa shape index (κ3) is 6.43. The fourth-order valence-electron chi connectivity index (χ4n) is 1.77. The second-order valence-corrected chi connectivity index (χ2v) is 6.47. The van der Waals surface area contributed by atoms with Crippen LogP contribution in [0.15, 0.2) is 29.2 Å². The van der Waals surface area contributed by atoms with Gasteiger partial charge in [0.25, 0.3) is 0 Å². The first kappa shape index (κ1) is 17.9. The van der Waals surface area contributed by atoms with Crippen molar-refractivity contribution in [1.82, 2.24) is 10.0 Å². The molecule has 0 fully saturated rings. The van der Waals surface area contributed by atoms with Crippen molar-refractivity contribution in [1.29, 1.82) is 0 Å². The van der Waals surface area contributed by atoms with Crippen LogP contribution in [0.1, 0.15) is 13.3 Å². The van der Waals surface area contributed by atoms with Gasteiger partial charge in [0.05, 0.1) is 18.1 Å². The van der Waals surface area contributed by atoms with Crippen molar-refractivity contribution in [3.05, 3.63) is 24.3 Å². The van der Waals surface area contributed by atoms with Crippen LogP contribution in [-0.2, 0) is 14.8 Å². The Hall–Kier alpha value is -1.15. The molecule has 1 rings (SSSR count). The summed E-state index contributed by atoms with van der Waals surface area (Å²) in [5.74, 6) is 0.662. The van der Waals surface area contributed by atoms with Gasteiger partial charge in [0.1, 0.15) is 5.75 Å². The molecule has 0 amide bonds. The molecule has 21 heavy (non-hydrogen) atoms. The van der Waals surface area contributed by atoms with E-state index in [9.17, 15) is 8.42 Å². The molecule has 0 bridgehead atoms. The third-order valence-electron chi connectivity index (χ3n) is 2.75. The van der Waals surface area contributed by atoms with E-state index < -0.39 is 10.0 Å². The maximum atomic E-state index is 12.1. The van der Waals surface area contributed by atoms with E-state index in [1.165, 1.54) is 19.2 Å². The Bertz CT molecular complexity index is 502. The van der Waals surface area contributed by atoms with Gasteiger partial charge in [-0.2, -0.15) is 0 Å². The number of sulfonamides is 1. The fourth-order valence-corrected chi connectivity index (χ4v) is 3.00. The van der Waals surface area contributed by atoms with Gasteiger partial charge in [-0.1, -0.05) is 0 Å². The number of nitrogens with one attached hydrogen (secondary N) is 2. The Morgan fingerprint density at radius 1 is 1.24 bits per heavy atom. The second kappa shape index (κ2) is 8.99. The van der Waals surface area contributed by atoms with E-state index in [4.69, 9.17) is 9.47 Å². The zero-order valence-corrected chi connectivity index (χ0v) is 13.6. The minimum atomic E-state index is -3.52. The summed E-state index contributed by atoms with van der Waals surface area (Å²) in [6, 6.07) is 6.12. The Labute approximate surface area is 126 Å². The van der Waals surface area contributed by atoms with Crippen molar-refractivity contribution < 1.29 is 17.9 Å². The van der Waals surface area contributed by atoms with E-state index in [0.29, 0.717) is 19.0 Å². The lowest BCUT2D eigenvalue weighted by Gasteiger charge is -2.13. The number of rotatable bonds is 10. The largest absolute Gasteiger partial charge is 0.494 e. The summed E-state index contributed by atoms with van der Waals surface area (Å²) in [6.45, 7) is 3.55. The number of hydrogen-bond donors (Lipinski definition) is 2. The average molecular weight is 316 g/mol. The molecule has 1 aromatic carbocycles. The summed E-state index contributed by atoms with van der Waals surface area (Å²) >= 11 is 0. The van der Waals surface area contributed by atoms with Gasteiger partial charge in [-0.25, -0.2) is 13.1 Å². The molecule has 0 heterocycles.